The number of aromatic nitrogens is 1. The molecule has 0 saturated heterocycles. The van der Waals surface area contributed by atoms with Gasteiger partial charge >= 0.3 is 0 Å². The van der Waals surface area contributed by atoms with Crippen molar-refractivity contribution in [1.29, 1.82) is 0 Å². The van der Waals surface area contributed by atoms with Gasteiger partial charge in [0.2, 0.25) is 0 Å². The Hall–Kier alpha value is -1.24. The fourth-order valence-electron chi connectivity index (χ4n) is 1.42. The molecule has 1 amide bonds. The van der Waals surface area contributed by atoms with Gasteiger partial charge < -0.3 is 5.32 Å². The van der Waals surface area contributed by atoms with E-state index in [0.717, 1.165) is 24.5 Å². The first-order chi connectivity index (χ1) is 7.31. The fraction of sp³-hybridized carbons (Fsp3) is 0.333. The minimum Gasteiger partial charge on any atom is -0.313 e. The standard InChI is InChI=1S/C9H12N4OS/c10-13-8(14)7-5-12-9(15-7)6-1-3-11-4-2-6/h1,5,11H,2-4,10H2,(H,13,14). The number of hydrazine groups is 1. The average molecular weight is 224 g/mol. The summed E-state index contributed by atoms with van der Waals surface area (Å²) in [5, 5.41) is 4.14. The zero-order valence-corrected chi connectivity index (χ0v) is 8.93. The minimum absolute atomic E-state index is 0.284. The number of nitrogens with one attached hydrogen (secondary N) is 2. The number of nitrogen functional groups attached to an aromatic ring is 1. The molecule has 0 saturated carbocycles. The molecule has 5 nitrogen and oxygen atoms in total. The second-order valence-electron chi connectivity index (χ2n) is 3.19. The van der Waals surface area contributed by atoms with Gasteiger partial charge in [-0.15, -0.1) is 11.3 Å². The van der Waals surface area contributed by atoms with Gasteiger partial charge in [-0.3, -0.25) is 10.2 Å². The average Bonchev–Trinajstić information content (AvgIpc) is 2.78. The Labute approximate surface area is 91.4 Å². The van der Waals surface area contributed by atoms with Crippen molar-refractivity contribution in [3.63, 3.8) is 0 Å². The summed E-state index contributed by atoms with van der Waals surface area (Å²) in [5.74, 6) is 4.76. The van der Waals surface area contributed by atoms with Gasteiger partial charge in [0.15, 0.2) is 0 Å². The number of hydrogen-bond acceptors (Lipinski definition) is 5. The third kappa shape index (κ3) is 2.23. The molecular weight excluding hydrogens is 212 g/mol. The summed E-state index contributed by atoms with van der Waals surface area (Å²) < 4.78 is 0. The molecule has 4 N–H and O–H groups in total. The molecule has 0 atom stereocenters. The molecule has 1 aromatic rings. The van der Waals surface area contributed by atoms with Crippen molar-refractivity contribution < 1.29 is 4.79 Å². The predicted octanol–water partition coefficient (Wildman–Crippen LogP) is 0.123. The van der Waals surface area contributed by atoms with Crippen molar-refractivity contribution >= 4 is 22.8 Å². The van der Waals surface area contributed by atoms with Crippen LogP contribution in [0.1, 0.15) is 21.1 Å². The topological polar surface area (TPSA) is 80.0 Å². The van der Waals surface area contributed by atoms with Crippen molar-refractivity contribution in [1.82, 2.24) is 15.7 Å². The van der Waals surface area contributed by atoms with E-state index in [-0.39, 0.29) is 5.91 Å². The fourth-order valence-corrected chi connectivity index (χ4v) is 2.30. The highest BCUT2D eigenvalue weighted by molar-refractivity contribution is 7.14. The summed E-state index contributed by atoms with van der Waals surface area (Å²) in [6.45, 7) is 1.83. The second-order valence-corrected chi connectivity index (χ2v) is 4.22. The number of nitrogens with zero attached hydrogens (tertiary/aromatic N) is 1. The Kier molecular flexibility index (Phi) is 3.10. The molecule has 2 heterocycles. The molecule has 1 aromatic heterocycles. The van der Waals surface area contributed by atoms with Gasteiger partial charge in [0.25, 0.3) is 5.91 Å². The monoisotopic (exact) mass is 224 g/mol. The van der Waals surface area contributed by atoms with Gasteiger partial charge in [0, 0.05) is 6.54 Å². The Morgan fingerprint density at radius 2 is 2.53 bits per heavy atom. The number of amides is 1. The number of nitrogens with two attached hydrogens (primary N) is 1. The predicted molar refractivity (Wildman–Crippen MR) is 59.2 cm³/mol. The van der Waals surface area contributed by atoms with Crippen LogP contribution < -0.4 is 16.6 Å². The molecule has 1 aliphatic heterocycles. The summed E-state index contributed by atoms with van der Waals surface area (Å²) in [5.41, 5.74) is 3.30. The normalized spacial score (nSPS) is 15.9. The highest BCUT2D eigenvalue weighted by Gasteiger charge is 2.13. The molecule has 0 bridgehead atoms. The Balaban J connectivity index is 2.19. The maximum Gasteiger partial charge on any atom is 0.276 e. The van der Waals surface area contributed by atoms with Gasteiger partial charge in [0.05, 0.1) is 6.20 Å². The molecular formula is C9H12N4OS. The van der Waals surface area contributed by atoms with E-state index in [2.05, 4.69) is 21.8 Å². The molecule has 0 spiro atoms. The van der Waals surface area contributed by atoms with Crippen LogP contribution in [0.2, 0.25) is 0 Å². The Bertz CT molecular complexity index is 399. The number of carbonyl (C=O) groups is 1. The maximum atomic E-state index is 11.2. The van der Waals surface area contributed by atoms with Crippen LogP contribution in [0.3, 0.4) is 0 Å². The van der Waals surface area contributed by atoms with Crippen molar-refractivity contribution in [2.24, 2.45) is 5.84 Å². The number of thiazole rings is 1. The van der Waals surface area contributed by atoms with E-state index < -0.39 is 0 Å². The quantitative estimate of drug-likeness (QED) is 0.379. The molecule has 15 heavy (non-hydrogen) atoms. The molecule has 1 aliphatic rings. The lowest BCUT2D eigenvalue weighted by Gasteiger charge is -2.10. The van der Waals surface area contributed by atoms with Gasteiger partial charge in [0.1, 0.15) is 9.88 Å². The van der Waals surface area contributed by atoms with E-state index in [0.29, 0.717) is 4.88 Å². The zero-order chi connectivity index (χ0) is 10.7. The maximum absolute atomic E-state index is 11.2. The smallest absolute Gasteiger partial charge is 0.276 e. The summed E-state index contributed by atoms with van der Waals surface area (Å²) in [6, 6.07) is 0. The van der Waals surface area contributed by atoms with Crippen molar-refractivity contribution in [2.45, 2.75) is 6.42 Å². The van der Waals surface area contributed by atoms with Crippen molar-refractivity contribution in [3.8, 4) is 0 Å². The summed E-state index contributed by atoms with van der Waals surface area (Å²) in [6.07, 6.45) is 4.62. The second kappa shape index (κ2) is 4.52. The lowest BCUT2D eigenvalue weighted by atomic mass is 10.1. The van der Waals surface area contributed by atoms with Crippen LogP contribution in [0.15, 0.2) is 12.3 Å². The zero-order valence-electron chi connectivity index (χ0n) is 8.12. The van der Waals surface area contributed by atoms with Crippen LogP contribution >= 0.6 is 11.3 Å². The molecule has 80 valence electrons. The van der Waals surface area contributed by atoms with Gasteiger partial charge in [-0.05, 0) is 18.5 Å². The highest BCUT2D eigenvalue weighted by Crippen LogP contribution is 2.24. The molecule has 0 aromatic carbocycles. The van der Waals surface area contributed by atoms with E-state index in [9.17, 15) is 4.79 Å². The van der Waals surface area contributed by atoms with Crippen LogP contribution in [0, 0.1) is 0 Å². The lowest BCUT2D eigenvalue weighted by molar-refractivity contribution is 0.0957. The van der Waals surface area contributed by atoms with Crippen LogP contribution in [-0.2, 0) is 0 Å². The van der Waals surface area contributed by atoms with Gasteiger partial charge in [-0.2, -0.15) is 0 Å². The van der Waals surface area contributed by atoms with Crippen LogP contribution in [-0.4, -0.2) is 24.0 Å². The van der Waals surface area contributed by atoms with Gasteiger partial charge in [-0.1, -0.05) is 6.08 Å². The molecule has 0 fully saturated rings. The molecule has 0 radical (unpaired) electrons. The van der Waals surface area contributed by atoms with Crippen molar-refractivity contribution in [2.75, 3.05) is 13.1 Å². The minimum atomic E-state index is -0.284. The third-order valence-corrected chi connectivity index (χ3v) is 3.27. The van der Waals surface area contributed by atoms with E-state index in [4.69, 9.17) is 5.84 Å². The molecule has 0 aliphatic carbocycles. The highest BCUT2D eigenvalue weighted by atomic mass is 32.1. The summed E-state index contributed by atoms with van der Waals surface area (Å²) in [4.78, 5) is 16.0. The Morgan fingerprint density at radius 1 is 1.67 bits per heavy atom. The number of carbonyl (C=O) groups excluding carboxylic acids is 1. The van der Waals surface area contributed by atoms with E-state index >= 15 is 0 Å². The number of rotatable bonds is 2. The SMILES string of the molecule is NNC(=O)c1cnc(C2=CCNCC2)s1. The van der Waals surface area contributed by atoms with E-state index in [1.807, 2.05) is 0 Å². The first kappa shape index (κ1) is 10.3. The number of hydrogen-bond donors (Lipinski definition) is 3. The molecule has 6 heteroatoms. The largest absolute Gasteiger partial charge is 0.313 e. The summed E-state index contributed by atoms with van der Waals surface area (Å²) in [7, 11) is 0. The lowest BCUT2D eigenvalue weighted by Crippen LogP contribution is -2.29. The Morgan fingerprint density at radius 3 is 3.20 bits per heavy atom. The van der Waals surface area contributed by atoms with Crippen LogP contribution in [0.25, 0.3) is 5.57 Å². The first-order valence-electron chi connectivity index (χ1n) is 4.68. The third-order valence-electron chi connectivity index (χ3n) is 2.20. The first-order valence-corrected chi connectivity index (χ1v) is 5.50. The van der Waals surface area contributed by atoms with Crippen LogP contribution in [0.5, 0.6) is 0 Å². The van der Waals surface area contributed by atoms with Gasteiger partial charge in [-0.25, -0.2) is 10.8 Å². The van der Waals surface area contributed by atoms with Crippen LogP contribution in [0.4, 0.5) is 0 Å². The molecule has 2 rings (SSSR count). The molecule has 0 unspecified atom stereocenters. The summed E-state index contributed by atoms with van der Waals surface area (Å²) >= 11 is 1.37. The van der Waals surface area contributed by atoms with E-state index in [1.54, 1.807) is 6.20 Å². The van der Waals surface area contributed by atoms with Crippen molar-refractivity contribution in [3.05, 3.63) is 22.2 Å². The van der Waals surface area contributed by atoms with E-state index in [1.165, 1.54) is 16.9 Å².